The molecule has 0 fully saturated rings. The summed E-state index contributed by atoms with van der Waals surface area (Å²) in [7, 11) is 0. The van der Waals surface area contributed by atoms with E-state index in [1.54, 1.807) is 25.0 Å². The van der Waals surface area contributed by atoms with Crippen molar-refractivity contribution in [1.29, 1.82) is 0 Å². The monoisotopic (exact) mass is 296 g/mol. The van der Waals surface area contributed by atoms with Crippen molar-refractivity contribution in [3.8, 4) is 0 Å². The van der Waals surface area contributed by atoms with Gasteiger partial charge >= 0.3 is 0 Å². The van der Waals surface area contributed by atoms with E-state index in [9.17, 15) is 5.11 Å². The molecule has 2 aromatic heterocycles. The van der Waals surface area contributed by atoms with E-state index in [2.05, 4.69) is 30.6 Å². The second-order valence-corrected chi connectivity index (χ2v) is 5.68. The molecule has 110 valence electrons. The van der Waals surface area contributed by atoms with Crippen molar-refractivity contribution in [2.45, 2.75) is 19.4 Å². The van der Waals surface area contributed by atoms with Gasteiger partial charge in [-0.1, -0.05) is 0 Å². The second-order valence-electron chi connectivity index (χ2n) is 4.81. The minimum absolute atomic E-state index is 0.407. The van der Waals surface area contributed by atoms with Crippen LogP contribution in [0.2, 0.25) is 0 Å². The van der Waals surface area contributed by atoms with Gasteiger partial charge < -0.3 is 20.7 Å². The third-order valence-corrected chi connectivity index (χ3v) is 3.62. The predicted octanol–water partition coefficient (Wildman–Crippen LogP) is 1.31. The molecule has 1 atom stereocenters. The standard InChI is InChI=1S/C12H20N6OS/c1-4-13-11-17-9(8-10(18-11)16-7-15-8)14-5-12(2,19)6-20-3/h7,19H,4-6H2,1-3H3,(H3,13,14,15,16,17,18). The lowest BCUT2D eigenvalue weighted by atomic mass is 10.1. The number of hydrogen-bond donors (Lipinski definition) is 4. The number of aromatic amines is 1. The number of H-pyrrole nitrogens is 1. The van der Waals surface area contributed by atoms with Gasteiger partial charge in [0.2, 0.25) is 5.95 Å². The molecule has 0 spiro atoms. The largest absolute Gasteiger partial charge is 0.387 e. The summed E-state index contributed by atoms with van der Waals surface area (Å²) in [6.45, 7) is 4.92. The summed E-state index contributed by atoms with van der Waals surface area (Å²) in [6.07, 6.45) is 3.55. The van der Waals surface area contributed by atoms with Crippen LogP contribution in [0, 0.1) is 0 Å². The fourth-order valence-electron chi connectivity index (χ4n) is 1.83. The number of aromatic nitrogens is 4. The van der Waals surface area contributed by atoms with Crippen LogP contribution >= 0.6 is 11.8 Å². The van der Waals surface area contributed by atoms with Gasteiger partial charge in [-0.15, -0.1) is 0 Å². The van der Waals surface area contributed by atoms with Gasteiger partial charge in [0.25, 0.3) is 0 Å². The molecule has 7 nitrogen and oxygen atoms in total. The molecule has 0 saturated carbocycles. The van der Waals surface area contributed by atoms with Gasteiger partial charge in [0.15, 0.2) is 11.5 Å². The first-order valence-electron chi connectivity index (χ1n) is 6.46. The summed E-state index contributed by atoms with van der Waals surface area (Å²) < 4.78 is 0. The summed E-state index contributed by atoms with van der Waals surface area (Å²) in [5, 5.41) is 16.4. The van der Waals surface area contributed by atoms with Crippen LogP contribution in [0.5, 0.6) is 0 Å². The first-order chi connectivity index (χ1) is 9.55. The normalized spacial score (nSPS) is 14.2. The van der Waals surface area contributed by atoms with E-state index in [4.69, 9.17) is 0 Å². The molecule has 2 aromatic rings. The highest BCUT2D eigenvalue weighted by molar-refractivity contribution is 7.98. The molecule has 20 heavy (non-hydrogen) atoms. The Hall–Kier alpha value is -1.54. The Bertz CT molecular complexity index is 570. The van der Waals surface area contributed by atoms with Gasteiger partial charge in [0.1, 0.15) is 5.52 Å². The number of nitrogens with zero attached hydrogens (tertiary/aromatic N) is 3. The number of hydrogen-bond acceptors (Lipinski definition) is 7. The van der Waals surface area contributed by atoms with E-state index in [1.165, 1.54) is 0 Å². The Morgan fingerprint density at radius 3 is 2.90 bits per heavy atom. The molecule has 4 N–H and O–H groups in total. The van der Waals surface area contributed by atoms with Gasteiger partial charge in [0.05, 0.1) is 11.9 Å². The molecule has 0 aliphatic heterocycles. The van der Waals surface area contributed by atoms with Crippen LogP contribution < -0.4 is 10.6 Å². The number of nitrogens with one attached hydrogen (secondary N) is 3. The molecule has 0 aliphatic carbocycles. The fourth-order valence-corrected chi connectivity index (χ4v) is 2.56. The first-order valence-corrected chi connectivity index (χ1v) is 7.85. The topological polar surface area (TPSA) is 98.8 Å². The molecule has 0 aliphatic rings. The Balaban J connectivity index is 2.21. The molecule has 8 heteroatoms. The Morgan fingerprint density at radius 1 is 1.40 bits per heavy atom. The molecule has 0 bridgehead atoms. The molecule has 0 aromatic carbocycles. The smallest absolute Gasteiger partial charge is 0.226 e. The Kier molecular flexibility index (Phi) is 4.66. The lowest BCUT2D eigenvalue weighted by molar-refractivity contribution is 0.0996. The molecular weight excluding hydrogens is 276 g/mol. The summed E-state index contributed by atoms with van der Waals surface area (Å²) in [5.41, 5.74) is 0.546. The molecule has 0 saturated heterocycles. The quantitative estimate of drug-likeness (QED) is 0.611. The van der Waals surface area contributed by atoms with Crippen molar-refractivity contribution in [3.63, 3.8) is 0 Å². The third kappa shape index (κ3) is 3.51. The second kappa shape index (κ2) is 6.27. The maximum atomic E-state index is 10.2. The molecular formula is C12H20N6OS. The molecule has 2 heterocycles. The minimum atomic E-state index is -0.797. The van der Waals surface area contributed by atoms with Crippen LogP contribution in [-0.2, 0) is 0 Å². The SMILES string of the molecule is CCNc1nc(NCC(C)(O)CSC)c2[nH]cnc2n1. The predicted molar refractivity (Wildman–Crippen MR) is 83.3 cm³/mol. The zero-order valence-electron chi connectivity index (χ0n) is 11.9. The number of imidazole rings is 1. The van der Waals surface area contributed by atoms with Gasteiger partial charge in [-0.3, -0.25) is 0 Å². The lowest BCUT2D eigenvalue weighted by Crippen LogP contribution is -2.36. The fraction of sp³-hybridized carbons (Fsp3) is 0.583. The van der Waals surface area contributed by atoms with E-state index in [0.29, 0.717) is 29.7 Å². The number of anilines is 2. The van der Waals surface area contributed by atoms with Crippen LogP contribution in [0.15, 0.2) is 6.33 Å². The average molecular weight is 296 g/mol. The van der Waals surface area contributed by atoms with Gasteiger partial charge in [-0.2, -0.15) is 21.7 Å². The van der Waals surface area contributed by atoms with Crippen LogP contribution in [0.1, 0.15) is 13.8 Å². The van der Waals surface area contributed by atoms with Crippen molar-refractivity contribution >= 4 is 34.7 Å². The number of fused-ring (bicyclic) bond motifs is 1. The van der Waals surface area contributed by atoms with E-state index in [0.717, 1.165) is 12.1 Å². The maximum absolute atomic E-state index is 10.2. The first kappa shape index (κ1) is 14.9. The number of thioether (sulfide) groups is 1. The maximum Gasteiger partial charge on any atom is 0.226 e. The lowest BCUT2D eigenvalue weighted by Gasteiger charge is -2.23. The van der Waals surface area contributed by atoms with Crippen molar-refractivity contribution in [2.75, 3.05) is 35.7 Å². The van der Waals surface area contributed by atoms with Crippen LogP contribution in [0.4, 0.5) is 11.8 Å². The van der Waals surface area contributed by atoms with Crippen molar-refractivity contribution < 1.29 is 5.11 Å². The van der Waals surface area contributed by atoms with Crippen molar-refractivity contribution in [2.24, 2.45) is 0 Å². The zero-order chi connectivity index (χ0) is 14.6. The third-order valence-electron chi connectivity index (χ3n) is 2.71. The molecule has 1 unspecified atom stereocenters. The van der Waals surface area contributed by atoms with Crippen molar-refractivity contribution in [1.82, 2.24) is 19.9 Å². The molecule has 0 radical (unpaired) electrons. The van der Waals surface area contributed by atoms with E-state index in [-0.39, 0.29) is 0 Å². The van der Waals surface area contributed by atoms with Gasteiger partial charge in [0, 0.05) is 18.8 Å². The van der Waals surface area contributed by atoms with E-state index in [1.807, 2.05) is 13.2 Å². The minimum Gasteiger partial charge on any atom is -0.387 e. The summed E-state index contributed by atoms with van der Waals surface area (Å²) in [5.74, 6) is 1.82. The highest BCUT2D eigenvalue weighted by atomic mass is 32.2. The molecule has 2 rings (SSSR count). The van der Waals surface area contributed by atoms with Gasteiger partial charge in [-0.05, 0) is 20.1 Å². The van der Waals surface area contributed by atoms with Crippen LogP contribution in [0.3, 0.4) is 0 Å². The van der Waals surface area contributed by atoms with Gasteiger partial charge in [-0.25, -0.2) is 4.98 Å². The Morgan fingerprint density at radius 2 is 2.20 bits per heavy atom. The summed E-state index contributed by atoms with van der Waals surface area (Å²) >= 11 is 1.61. The van der Waals surface area contributed by atoms with Crippen LogP contribution in [0.25, 0.3) is 11.2 Å². The molecule has 0 amide bonds. The van der Waals surface area contributed by atoms with Crippen molar-refractivity contribution in [3.05, 3.63) is 6.33 Å². The van der Waals surface area contributed by atoms with E-state index >= 15 is 0 Å². The average Bonchev–Trinajstić information content (AvgIpc) is 2.84. The highest BCUT2D eigenvalue weighted by Gasteiger charge is 2.20. The number of aliphatic hydroxyl groups is 1. The summed E-state index contributed by atoms with van der Waals surface area (Å²) in [6, 6.07) is 0. The highest BCUT2D eigenvalue weighted by Crippen LogP contribution is 2.20. The van der Waals surface area contributed by atoms with E-state index < -0.39 is 5.60 Å². The Labute approximate surface area is 122 Å². The van der Waals surface area contributed by atoms with Crippen LogP contribution in [-0.4, -0.2) is 55.7 Å². The summed E-state index contributed by atoms with van der Waals surface area (Å²) in [4.78, 5) is 15.9. The zero-order valence-corrected chi connectivity index (χ0v) is 12.7. The number of rotatable bonds is 7.